The van der Waals surface area contributed by atoms with Crippen molar-refractivity contribution in [1.82, 2.24) is 24.6 Å². The number of likely N-dealkylation sites (N-methyl/N-ethyl adjacent to an activating group) is 1. The Hall–Kier alpha value is -3.23. The predicted molar refractivity (Wildman–Crippen MR) is 98.2 cm³/mol. The smallest absolute Gasteiger partial charge is 0.315 e. The zero-order valence-corrected chi connectivity index (χ0v) is 15.4. The van der Waals surface area contributed by atoms with E-state index in [1.807, 2.05) is 19.1 Å². The Morgan fingerprint density at radius 1 is 1.30 bits per heavy atom. The third kappa shape index (κ3) is 4.30. The number of hydrogen-bond acceptors (Lipinski definition) is 5. The molecule has 0 atom stereocenters. The van der Waals surface area contributed by atoms with Gasteiger partial charge in [-0.3, -0.25) is 14.4 Å². The van der Waals surface area contributed by atoms with Gasteiger partial charge in [0.15, 0.2) is 5.82 Å². The van der Waals surface area contributed by atoms with Crippen LogP contribution in [-0.4, -0.2) is 69.0 Å². The van der Waals surface area contributed by atoms with E-state index in [0.29, 0.717) is 37.7 Å². The van der Waals surface area contributed by atoms with Crippen LogP contribution in [0.3, 0.4) is 0 Å². The number of amides is 3. The van der Waals surface area contributed by atoms with Gasteiger partial charge in [-0.1, -0.05) is 0 Å². The summed E-state index contributed by atoms with van der Waals surface area (Å²) in [5.74, 6) is -0.445. The minimum Gasteiger partial charge on any atom is -0.341 e. The summed E-state index contributed by atoms with van der Waals surface area (Å²) in [5, 5.41) is 6.73. The molecular formula is C18H22N6O3. The van der Waals surface area contributed by atoms with Crippen LogP contribution in [0.2, 0.25) is 0 Å². The number of carbonyl (C=O) groups is 3. The molecule has 1 aliphatic heterocycles. The summed E-state index contributed by atoms with van der Waals surface area (Å²) in [6, 6.07) is 5.27. The first-order valence-electron chi connectivity index (χ1n) is 8.77. The number of likely N-dealkylation sites (tertiary alicyclic amines) is 1. The number of carbonyl (C=O) groups excluding carboxylic acids is 3. The Labute approximate surface area is 157 Å². The van der Waals surface area contributed by atoms with E-state index in [4.69, 9.17) is 0 Å². The highest BCUT2D eigenvalue weighted by Crippen LogP contribution is 2.14. The Morgan fingerprint density at radius 3 is 2.81 bits per heavy atom. The van der Waals surface area contributed by atoms with Crippen LogP contribution in [0, 0.1) is 6.92 Å². The molecule has 2 aromatic heterocycles. The second kappa shape index (κ2) is 7.98. The maximum atomic E-state index is 12.3. The number of aryl methyl sites for hydroxylation is 1. The molecule has 0 saturated carbocycles. The molecule has 9 heteroatoms. The summed E-state index contributed by atoms with van der Waals surface area (Å²) in [7, 11) is 1.54. The molecule has 2 aromatic rings. The summed E-state index contributed by atoms with van der Waals surface area (Å²) in [4.78, 5) is 43.5. The molecule has 0 aromatic carbocycles. The molecule has 1 aliphatic rings. The van der Waals surface area contributed by atoms with Gasteiger partial charge < -0.3 is 15.1 Å². The van der Waals surface area contributed by atoms with Gasteiger partial charge in [0.25, 0.3) is 0 Å². The molecule has 0 unspecified atom stereocenters. The summed E-state index contributed by atoms with van der Waals surface area (Å²) in [6.45, 7) is 3.36. The predicted octanol–water partition coefficient (Wildman–Crippen LogP) is 0.595. The number of hydrogen-bond donors (Lipinski definition) is 1. The first-order chi connectivity index (χ1) is 13.0. The Balaban J connectivity index is 1.61. The average Bonchev–Trinajstić information content (AvgIpc) is 3.27. The minimum atomic E-state index is -0.764. The van der Waals surface area contributed by atoms with E-state index in [1.54, 1.807) is 24.2 Å². The monoisotopic (exact) mass is 370 g/mol. The van der Waals surface area contributed by atoms with Gasteiger partial charge in [-0.05, 0) is 31.0 Å². The fraction of sp³-hybridized carbons (Fsp3) is 0.389. The highest BCUT2D eigenvalue weighted by Gasteiger charge is 2.24. The molecule has 3 heterocycles. The van der Waals surface area contributed by atoms with Gasteiger partial charge >= 0.3 is 11.8 Å². The van der Waals surface area contributed by atoms with E-state index in [1.165, 1.54) is 15.8 Å². The number of pyridine rings is 1. The van der Waals surface area contributed by atoms with Gasteiger partial charge in [-0.2, -0.15) is 9.78 Å². The van der Waals surface area contributed by atoms with Crippen molar-refractivity contribution in [2.24, 2.45) is 0 Å². The number of aromatic nitrogens is 3. The van der Waals surface area contributed by atoms with E-state index in [2.05, 4.69) is 15.4 Å². The maximum Gasteiger partial charge on any atom is 0.315 e. The van der Waals surface area contributed by atoms with Gasteiger partial charge in [0.2, 0.25) is 5.91 Å². The normalized spacial score (nSPS) is 13.7. The van der Waals surface area contributed by atoms with Crippen LogP contribution in [0.1, 0.15) is 18.4 Å². The minimum absolute atomic E-state index is 0.0925. The fourth-order valence-electron chi connectivity index (χ4n) is 2.87. The van der Waals surface area contributed by atoms with Crippen molar-refractivity contribution >= 4 is 23.5 Å². The van der Waals surface area contributed by atoms with Crippen molar-refractivity contribution in [3.63, 3.8) is 0 Å². The van der Waals surface area contributed by atoms with Crippen molar-refractivity contribution in [3.8, 4) is 5.82 Å². The number of anilines is 1. The van der Waals surface area contributed by atoms with E-state index < -0.39 is 11.8 Å². The largest absolute Gasteiger partial charge is 0.341 e. The number of nitrogens with one attached hydrogen (secondary N) is 1. The van der Waals surface area contributed by atoms with Crippen LogP contribution in [-0.2, 0) is 14.4 Å². The van der Waals surface area contributed by atoms with Gasteiger partial charge in [-0.15, -0.1) is 0 Å². The molecule has 1 saturated heterocycles. The standard InChI is InChI=1S/C18H22N6O3/c1-13-5-7-19-15(12-13)24-14(6-8-20-24)21-17(26)18(27)22(2)10-11-23-9-3-4-16(23)25/h5-8,12H,3-4,9-11H2,1-2H3,(H,21,26). The molecule has 0 spiro atoms. The Kier molecular flexibility index (Phi) is 5.49. The summed E-state index contributed by atoms with van der Waals surface area (Å²) in [5.41, 5.74) is 1.00. The van der Waals surface area contributed by atoms with Crippen molar-refractivity contribution < 1.29 is 14.4 Å². The lowest BCUT2D eigenvalue weighted by Crippen LogP contribution is -2.42. The van der Waals surface area contributed by atoms with Gasteiger partial charge in [0, 0.05) is 45.4 Å². The number of nitrogens with zero attached hydrogens (tertiary/aromatic N) is 5. The molecule has 0 aliphatic carbocycles. The van der Waals surface area contributed by atoms with E-state index in [-0.39, 0.29) is 5.91 Å². The lowest BCUT2D eigenvalue weighted by molar-refractivity contribution is -0.142. The maximum absolute atomic E-state index is 12.3. The van der Waals surface area contributed by atoms with Gasteiger partial charge in [0.1, 0.15) is 5.82 Å². The van der Waals surface area contributed by atoms with Crippen LogP contribution in [0.5, 0.6) is 0 Å². The molecule has 3 rings (SSSR count). The molecule has 9 nitrogen and oxygen atoms in total. The van der Waals surface area contributed by atoms with Crippen molar-refractivity contribution in [2.75, 3.05) is 32.0 Å². The number of rotatable bonds is 5. The third-order valence-electron chi connectivity index (χ3n) is 4.42. The summed E-state index contributed by atoms with van der Waals surface area (Å²) in [6.07, 6.45) is 4.56. The van der Waals surface area contributed by atoms with Crippen LogP contribution in [0.15, 0.2) is 30.6 Å². The quantitative estimate of drug-likeness (QED) is 0.777. The highest BCUT2D eigenvalue weighted by atomic mass is 16.2. The van der Waals surface area contributed by atoms with Gasteiger partial charge in [-0.25, -0.2) is 4.98 Å². The molecule has 1 N–H and O–H groups in total. The third-order valence-corrected chi connectivity index (χ3v) is 4.42. The topological polar surface area (TPSA) is 100 Å². The first-order valence-corrected chi connectivity index (χ1v) is 8.77. The zero-order valence-electron chi connectivity index (χ0n) is 15.4. The van der Waals surface area contributed by atoms with Crippen LogP contribution in [0.4, 0.5) is 5.82 Å². The molecule has 27 heavy (non-hydrogen) atoms. The van der Waals surface area contributed by atoms with Gasteiger partial charge in [0.05, 0.1) is 6.20 Å². The van der Waals surface area contributed by atoms with Crippen molar-refractivity contribution in [1.29, 1.82) is 0 Å². The van der Waals surface area contributed by atoms with E-state index in [0.717, 1.165) is 12.0 Å². The molecule has 142 valence electrons. The van der Waals surface area contributed by atoms with Crippen molar-refractivity contribution in [2.45, 2.75) is 19.8 Å². The zero-order chi connectivity index (χ0) is 19.4. The lowest BCUT2D eigenvalue weighted by atomic mass is 10.3. The Morgan fingerprint density at radius 2 is 2.11 bits per heavy atom. The molecular weight excluding hydrogens is 348 g/mol. The van der Waals surface area contributed by atoms with Crippen LogP contribution >= 0.6 is 0 Å². The van der Waals surface area contributed by atoms with E-state index >= 15 is 0 Å². The summed E-state index contributed by atoms with van der Waals surface area (Å²) < 4.78 is 1.46. The highest BCUT2D eigenvalue weighted by molar-refractivity contribution is 6.39. The van der Waals surface area contributed by atoms with Crippen molar-refractivity contribution in [3.05, 3.63) is 36.2 Å². The molecule has 0 radical (unpaired) electrons. The molecule has 0 bridgehead atoms. The van der Waals surface area contributed by atoms with Crippen LogP contribution < -0.4 is 5.32 Å². The Bertz CT molecular complexity index is 862. The van der Waals surface area contributed by atoms with E-state index in [9.17, 15) is 14.4 Å². The summed E-state index contributed by atoms with van der Waals surface area (Å²) >= 11 is 0. The van der Waals surface area contributed by atoms with Crippen LogP contribution in [0.25, 0.3) is 5.82 Å². The molecule has 3 amide bonds. The fourth-order valence-corrected chi connectivity index (χ4v) is 2.87. The second-order valence-electron chi connectivity index (χ2n) is 6.48. The first kappa shape index (κ1) is 18.6. The average molecular weight is 370 g/mol. The lowest BCUT2D eigenvalue weighted by Gasteiger charge is -2.21. The second-order valence-corrected chi connectivity index (χ2v) is 6.48. The SMILES string of the molecule is Cc1ccnc(-n2nccc2NC(=O)C(=O)N(C)CCN2CCCC2=O)c1. The molecule has 1 fully saturated rings.